The molecule has 1 saturated heterocycles. The van der Waals surface area contributed by atoms with Gasteiger partial charge in [-0.15, -0.1) is 0 Å². The largest absolute Gasteiger partial charge is 0.369 e. The van der Waals surface area contributed by atoms with E-state index in [1.54, 1.807) is 12.3 Å². The number of hydrogen-bond donors (Lipinski definition) is 1. The summed E-state index contributed by atoms with van der Waals surface area (Å²) >= 11 is 0. The molecule has 0 spiro atoms. The Morgan fingerprint density at radius 2 is 2.47 bits per heavy atom. The highest BCUT2D eigenvalue weighted by Crippen LogP contribution is 2.24. The molecule has 2 heterocycles. The van der Waals surface area contributed by atoms with E-state index in [1.807, 2.05) is 11.0 Å². The maximum absolute atomic E-state index is 11.2. The number of carbonyl (C=O) groups is 1. The number of nitrogens with two attached hydrogens (primary N) is 1. The van der Waals surface area contributed by atoms with E-state index < -0.39 is 0 Å². The predicted molar refractivity (Wildman–Crippen MR) is 63.1 cm³/mol. The molecule has 1 amide bonds. The Hall–Kier alpha value is -2.09. The Balaban J connectivity index is 2.22. The lowest BCUT2D eigenvalue weighted by molar-refractivity contribution is -0.122. The molecule has 1 aromatic heterocycles. The number of piperidine rings is 1. The van der Waals surface area contributed by atoms with Gasteiger partial charge in [0.15, 0.2) is 5.69 Å². The number of rotatable bonds is 2. The minimum Gasteiger partial charge on any atom is -0.369 e. The van der Waals surface area contributed by atoms with E-state index in [-0.39, 0.29) is 11.8 Å². The molecule has 1 aromatic rings. The highest BCUT2D eigenvalue weighted by Gasteiger charge is 2.25. The fourth-order valence-electron chi connectivity index (χ4n) is 2.17. The van der Waals surface area contributed by atoms with E-state index in [0.717, 1.165) is 25.1 Å². The van der Waals surface area contributed by atoms with Gasteiger partial charge in [0.1, 0.15) is 6.07 Å². The average Bonchev–Trinajstić information content (AvgIpc) is 2.39. The van der Waals surface area contributed by atoms with Gasteiger partial charge in [-0.3, -0.25) is 4.79 Å². The van der Waals surface area contributed by atoms with Gasteiger partial charge in [0.25, 0.3) is 0 Å². The van der Waals surface area contributed by atoms with Crippen molar-refractivity contribution in [1.29, 1.82) is 5.26 Å². The summed E-state index contributed by atoms with van der Waals surface area (Å²) in [6, 6.07) is 5.72. The van der Waals surface area contributed by atoms with E-state index in [2.05, 4.69) is 11.1 Å². The molecule has 88 valence electrons. The van der Waals surface area contributed by atoms with Gasteiger partial charge in [-0.25, -0.2) is 4.98 Å². The van der Waals surface area contributed by atoms with Crippen LogP contribution in [-0.4, -0.2) is 24.0 Å². The van der Waals surface area contributed by atoms with Gasteiger partial charge in [0, 0.05) is 19.3 Å². The van der Waals surface area contributed by atoms with Crippen LogP contribution in [0.3, 0.4) is 0 Å². The second-order valence-corrected chi connectivity index (χ2v) is 4.17. The highest BCUT2D eigenvalue weighted by atomic mass is 16.1. The molecule has 2 N–H and O–H groups in total. The molecule has 1 fully saturated rings. The average molecular weight is 230 g/mol. The van der Waals surface area contributed by atoms with Crippen LogP contribution in [0, 0.1) is 17.2 Å². The normalized spacial score (nSPS) is 19.7. The minimum atomic E-state index is -0.267. The molecule has 1 aliphatic rings. The minimum absolute atomic E-state index is 0.129. The van der Waals surface area contributed by atoms with Crippen LogP contribution >= 0.6 is 0 Å². The third-order valence-electron chi connectivity index (χ3n) is 3.06. The van der Waals surface area contributed by atoms with Crippen LogP contribution in [0.2, 0.25) is 0 Å². The number of anilines is 1. The second kappa shape index (κ2) is 4.83. The summed E-state index contributed by atoms with van der Waals surface area (Å²) in [6.45, 7) is 1.42. The number of nitrogens with zero attached hydrogens (tertiary/aromatic N) is 3. The Kier molecular flexibility index (Phi) is 3.24. The molecule has 1 aliphatic heterocycles. The standard InChI is InChI=1S/C12H14N4O/c13-7-10-11(4-1-5-15-10)16-6-2-3-9(8-16)12(14)17/h1,4-5,9H,2-3,6,8H2,(H2,14,17). The summed E-state index contributed by atoms with van der Waals surface area (Å²) < 4.78 is 0. The number of nitriles is 1. The predicted octanol–water partition coefficient (Wildman–Crippen LogP) is 0.655. The fourth-order valence-corrected chi connectivity index (χ4v) is 2.17. The summed E-state index contributed by atoms with van der Waals surface area (Å²) in [5.41, 5.74) is 6.52. The van der Waals surface area contributed by atoms with Crippen molar-refractivity contribution in [2.45, 2.75) is 12.8 Å². The van der Waals surface area contributed by atoms with Crippen LogP contribution in [0.15, 0.2) is 18.3 Å². The number of carbonyl (C=O) groups excluding carboxylic acids is 1. The number of amides is 1. The van der Waals surface area contributed by atoms with Crippen LogP contribution in [0.1, 0.15) is 18.5 Å². The number of hydrogen-bond acceptors (Lipinski definition) is 4. The monoisotopic (exact) mass is 230 g/mol. The van der Waals surface area contributed by atoms with Crippen molar-refractivity contribution in [3.63, 3.8) is 0 Å². The zero-order valence-corrected chi connectivity index (χ0v) is 9.47. The molecule has 0 bridgehead atoms. The SMILES string of the molecule is N#Cc1ncccc1N1CCCC(C(N)=O)C1. The van der Waals surface area contributed by atoms with E-state index >= 15 is 0 Å². The van der Waals surface area contributed by atoms with Gasteiger partial charge >= 0.3 is 0 Å². The Labute approximate surface area is 99.9 Å². The number of aromatic nitrogens is 1. The molecule has 1 unspecified atom stereocenters. The lowest BCUT2D eigenvalue weighted by Crippen LogP contribution is -2.41. The zero-order valence-electron chi connectivity index (χ0n) is 9.47. The molecule has 5 heteroatoms. The first kappa shape index (κ1) is 11.4. The zero-order chi connectivity index (χ0) is 12.3. The van der Waals surface area contributed by atoms with Crippen molar-refractivity contribution in [2.24, 2.45) is 11.7 Å². The Morgan fingerprint density at radius 1 is 1.65 bits per heavy atom. The van der Waals surface area contributed by atoms with Gasteiger partial charge in [0.2, 0.25) is 5.91 Å². The summed E-state index contributed by atoms with van der Waals surface area (Å²) in [5.74, 6) is -0.396. The van der Waals surface area contributed by atoms with Crippen LogP contribution < -0.4 is 10.6 Å². The van der Waals surface area contributed by atoms with Crippen molar-refractivity contribution in [3.8, 4) is 6.07 Å². The topological polar surface area (TPSA) is 83.0 Å². The summed E-state index contributed by atoms with van der Waals surface area (Å²) in [6.07, 6.45) is 3.33. The molecule has 0 aliphatic carbocycles. The summed E-state index contributed by atoms with van der Waals surface area (Å²) in [7, 11) is 0. The Bertz CT molecular complexity index is 466. The molecule has 5 nitrogen and oxygen atoms in total. The van der Waals surface area contributed by atoms with Crippen LogP contribution in [-0.2, 0) is 4.79 Å². The smallest absolute Gasteiger partial charge is 0.222 e. The van der Waals surface area contributed by atoms with E-state index in [4.69, 9.17) is 11.0 Å². The van der Waals surface area contributed by atoms with Crippen LogP contribution in [0.4, 0.5) is 5.69 Å². The van der Waals surface area contributed by atoms with Crippen LogP contribution in [0.5, 0.6) is 0 Å². The Morgan fingerprint density at radius 3 is 3.18 bits per heavy atom. The molecule has 0 saturated carbocycles. The summed E-state index contributed by atoms with van der Waals surface area (Å²) in [5, 5.41) is 8.99. The van der Waals surface area contributed by atoms with Gasteiger partial charge in [-0.1, -0.05) is 0 Å². The molecular formula is C12H14N4O. The van der Waals surface area contributed by atoms with E-state index in [9.17, 15) is 4.79 Å². The lowest BCUT2D eigenvalue weighted by atomic mass is 9.97. The van der Waals surface area contributed by atoms with Crippen LogP contribution in [0.25, 0.3) is 0 Å². The molecule has 2 rings (SSSR count). The first-order chi connectivity index (χ1) is 8.22. The quantitative estimate of drug-likeness (QED) is 0.808. The van der Waals surface area contributed by atoms with Crippen molar-refractivity contribution in [3.05, 3.63) is 24.0 Å². The maximum atomic E-state index is 11.2. The summed E-state index contributed by atoms with van der Waals surface area (Å²) in [4.78, 5) is 17.2. The number of pyridine rings is 1. The second-order valence-electron chi connectivity index (χ2n) is 4.17. The maximum Gasteiger partial charge on any atom is 0.222 e. The molecule has 0 aromatic carbocycles. The first-order valence-corrected chi connectivity index (χ1v) is 5.61. The molecule has 17 heavy (non-hydrogen) atoms. The van der Waals surface area contributed by atoms with E-state index in [1.165, 1.54) is 0 Å². The molecular weight excluding hydrogens is 216 g/mol. The van der Waals surface area contributed by atoms with Gasteiger partial charge in [0.05, 0.1) is 11.6 Å². The van der Waals surface area contributed by atoms with Crippen molar-refractivity contribution in [1.82, 2.24) is 4.98 Å². The number of primary amides is 1. The van der Waals surface area contributed by atoms with Gasteiger partial charge in [-0.05, 0) is 25.0 Å². The van der Waals surface area contributed by atoms with Gasteiger partial charge in [-0.2, -0.15) is 5.26 Å². The van der Waals surface area contributed by atoms with Crippen molar-refractivity contribution < 1.29 is 4.79 Å². The molecule has 1 atom stereocenters. The molecule has 0 radical (unpaired) electrons. The van der Waals surface area contributed by atoms with E-state index in [0.29, 0.717) is 12.2 Å². The van der Waals surface area contributed by atoms with Crippen molar-refractivity contribution in [2.75, 3.05) is 18.0 Å². The fraction of sp³-hybridized carbons (Fsp3) is 0.417. The third kappa shape index (κ3) is 2.36. The van der Waals surface area contributed by atoms with Gasteiger partial charge < -0.3 is 10.6 Å². The highest BCUT2D eigenvalue weighted by molar-refractivity contribution is 5.77. The first-order valence-electron chi connectivity index (χ1n) is 5.61. The third-order valence-corrected chi connectivity index (χ3v) is 3.06. The van der Waals surface area contributed by atoms with Crippen molar-refractivity contribution >= 4 is 11.6 Å². The lowest BCUT2D eigenvalue weighted by Gasteiger charge is -2.33.